The molecule has 0 radical (unpaired) electrons. The van der Waals surface area contributed by atoms with Crippen molar-refractivity contribution in [2.45, 2.75) is 6.48 Å². The van der Waals surface area contributed by atoms with Crippen LogP contribution in [-0.4, -0.2) is 23.8 Å². The predicted octanol–water partition coefficient (Wildman–Crippen LogP) is 0.170. The zero-order chi connectivity index (χ0) is 9.40. The van der Waals surface area contributed by atoms with E-state index in [2.05, 4.69) is 4.74 Å². The summed E-state index contributed by atoms with van der Waals surface area (Å²) in [4.78, 5) is 0. The zero-order valence-corrected chi connectivity index (χ0v) is 6.84. The second-order valence-corrected chi connectivity index (χ2v) is 1.97. The highest BCUT2D eigenvalue weighted by Crippen LogP contribution is 1.95. The molecule has 0 spiro atoms. The van der Waals surface area contributed by atoms with Gasteiger partial charge in [0.1, 0.15) is 0 Å². The Bertz CT molecular complexity index is 189. The average Bonchev–Trinajstić information content (AvgIpc) is 2.07. The van der Waals surface area contributed by atoms with Gasteiger partial charge in [-0.15, -0.1) is 0 Å². The minimum absolute atomic E-state index is 0.822. The summed E-state index contributed by atoms with van der Waals surface area (Å²) in [6.07, 6.45) is 0. The van der Waals surface area contributed by atoms with E-state index in [1.165, 1.54) is 7.11 Å². The minimum Gasteiger partial charge on any atom is -0.399 e. The Balaban J connectivity index is 0.000000217. The third-order valence-corrected chi connectivity index (χ3v) is 1.01. The van der Waals surface area contributed by atoms with Gasteiger partial charge < -0.3 is 20.7 Å². The molecule has 0 atom stereocenters. The number of methoxy groups -OCH3 is 1. The summed E-state index contributed by atoms with van der Waals surface area (Å²) < 4.78 is 3.86. The van der Waals surface area contributed by atoms with Crippen LogP contribution in [0.1, 0.15) is 0 Å². The molecule has 0 unspecified atom stereocenters. The van der Waals surface area contributed by atoms with Crippen LogP contribution in [-0.2, 0) is 4.74 Å². The van der Waals surface area contributed by atoms with Gasteiger partial charge >= 0.3 is 0 Å². The van der Waals surface area contributed by atoms with Gasteiger partial charge in [0.25, 0.3) is 6.48 Å². The molecule has 0 saturated heterocycles. The van der Waals surface area contributed by atoms with Crippen LogP contribution in [0.2, 0.25) is 0 Å². The fraction of sp³-hybridized carbons (Fsp3) is 0.250. The molecule has 0 amide bonds. The monoisotopic (exact) mass is 171 g/mol. The maximum absolute atomic E-state index is 7.69. The predicted molar refractivity (Wildman–Crippen MR) is 46.1 cm³/mol. The molecule has 0 aliphatic rings. The Kier molecular flexibility index (Phi) is 6.00. The van der Waals surface area contributed by atoms with E-state index in [0.717, 1.165) is 5.69 Å². The van der Waals surface area contributed by atoms with Gasteiger partial charge in [0.2, 0.25) is 0 Å². The number of hydrogen-bond donors (Lipinski definition) is 3. The molecule has 0 saturated carbocycles. The Morgan fingerprint density at radius 1 is 1.25 bits per heavy atom. The van der Waals surface area contributed by atoms with Crippen LogP contribution >= 0.6 is 0 Å². The van der Waals surface area contributed by atoms with Crippen molar-refractivity contribution in [3.63, 3.8) is 0 Å². The van der Waals surface area contributed by atoms with E-state index in [9.17, 15) is 0 Å². The lowest BCUT2D eigenvalue weighted by Crippen LogP contribution is -2.04. The van der Waals surface area contributed by atoms with Crippen molar-refractivity contribution in [2.75, 3.05) is 12.8 Å². The van der Waals surface area contributed by atoms with Gasteiger partial charge in [-0.1, -0.05) is 18.2 Å². The van der Waals surface area contributed by atoms with E-state index < -0.39 is 6.48 Å². The lowest BCUT2D eigenvalue weighted by atomic mass is 10.3. The Morgan fingerprint density at radius 2 is 1.67 bits per heavy atom. The molecule has 0 aliphatic heterocycles. The highest BCUT2D eigenvalue weighted by Gasteiger charge is 1.82. The van der Waals surface area contributed by atoms with E-state index in [0.29, 0.717) is 0 Å². The third-order valence-electron chi connectivity index (χ3n) is 1.01. The van der Waals surface area contributed by atoms with Gasteiger partial charge in [-0.25, -0.2) is 0 Å². The number of ether oxygens (including phenoxy) is 1. The van der Waals surface area contributed by atoms with Gasteiger partial charge in [0.05, 0.1) is 0 Å². The molecule has 1 aromatic rings. The van der Waals surface area contributed by atoms with Crippen molar-refractivity contribution in [3.05, 3.63) is 30.3 Å². The van der Waals surface area contributed by atoms with E-state index in [-0.39, 0.29) is 0 Å². The highest BCUT2D eigenvalue weighted by atomic mass is 16.7. The SMILES string of the molecule is COC(O)O.Nc1ccccc1. The fourth-order valence-corrected chi connectivity index (χ4v) is 0.453. The van der Waals surface area contributed by atoms with Crippen molar-refractivity contribution < 1.29 is 14.9 Å². The number of nitrogen functional groups attached to an aromatic ring is 1. The molecule has 0 fully saturated rings. The second kappa shape index (κ2) is 6.60. The lowest BCUT2D eigenvalue weighted by Gasteiger charge is -1.92. The van der Waals surface area contributed by atoms with Crippen molar-refractivity contribution in [3.8, 4) is 0 Å². The molecule has 4 N–H and O–H groups in total. The molecule has 4 heteroatoms. The van der Waals surface area contributed by atoms with Crippen LogP contribution in [0.3, 0.4) is 0 Å². The number of rotatable bonds is 1. The van der Waals surface area contributed by atoms with E-state index >= 15 is 0 Å². The van der Waals surface area contributed by atoms with Crippen LogP contribution < -0.4 is 5.73 Å². The van der Waals surface area contributed by atoms with Crippen molar-refractivity contribution >= 4 is 5.69 Å². The first-order valence-corrected chi connectivity index (χ1v) is 3.36. The summed E-state index contributed by atoms with van der Waals surface area (Å²) >= 11 is 0. The van der Waals surface area contributed by atoms with Gasteiger partial charge in [0, 0.05) is 12.8 Å². The summed E-state index contributed by atoms with van der Waals surface area (Å²) in [7, 11) is 1.20. The molecular weight excluding hydrogens is 158 g/mol. The average molecular weight is 171 g/mol. The number of aliphatic hydroxyl groups excluding tert-OH is 1. The lowest BCUT2D eigenvalue weighted by molar-refractivity contribution is -0.218. The van der Waals surface area contributed by atoms with E-state index in [1.807, 2.05) is 30.3 Å². The van der Waals surface area contributed by atoms with E-state index in [4.69, 9.17) is 15.9 Å². The van der Waals surface area contributed by atoms with Gasteiger partial charge in [-0.3, -0.25) is 0 Å². The summed E-state index contributed by atoms with van der Waals surface area (Å²) in [5, 5.41) is 15.4. The van der Waals surface area contributed by atoms with Gasteiger partial charge in [0.15, 0.2) is 0 Å². The molecule has 0 heterocycles. The number of nitrogens with two attached hydrogens (primary N) is 1. The first-order chi connectivity index (χ1) is 5.66. The summed E-state index contributed by atoms with van der Waals surface area (Å²) in [6.45, 7) is -1.62. The minimum atomic E-state index is -1.62. The van der Waals surface area contributed by atoms with Crippen LogP contribution in [0.4, 0.5) is 5.69 Å². The molecule has 12 heavy (non-hydrogen) atoms. The quantitative estimate of drug-likeness (QED) is 0.416. The molecule has 68 valence electrons. The Labute approximate surface area is 71.2 Å². The van der Waals surface area contributed by atoms with Gasteiger partial charge in [-0.2, -0.15) is 0 Å². The second-order valence-electron chi connectivity index (χ2n) is 1.97. The number of hydrogen-bond acceptors (Lipinski definition) is 4. The molecule has 0 bridgehead atoms. The molecular formula is C8H13NO3. The molecule has 1 rings (SSSR count). The van der Waals surface area contributed by atoms with E-state index in [1.54, 1.807) is 0 Å². The number of benzene rings is 1. The van der Waals surface area contributed by atoms with Crippen LogP contribution in [0.15, 0.2) is 30.3 Å². The number of para-hydroxylation sites is 1. The Morgan fingerprint density at radius 3 is 1.83 bits per heavy atom. The maximum atomic E-state index is 7.69. The zero-order valence-electron chi connectivity index (χ0n) is 6.84. The third kappa shape index (κ3) is 7.01. The number of aliphatic hydroxyl groups is 2. The molecule has 1 aromatic carbocycles. The number of anilines is 1. The van der Waals surface area contributed by atoms with Crippen molar-refractivity contribution in [1.82, 2.24) is 0 Å². The first kappa shape index (κ1) is 10.9. The summed E-state index contributed by atoms with van der Waals surface area (Å²) in [6, 6.07) is 9.49. The van der Waals surface area contributed by atoms with Crippen molar-refractivity contribution in [1.29, 1.82) is 0 Å². The smallest absolute Gasteiger partial charge is 0.266 e. The molecule has 4 nitrogen and oxygen atoms in total. The maximum Gasteiger partial charge on any atom is 0.266 e. The van der Waals surface area contributed by atoms with Gasteiger partial charge in [-0.05, 0) is 12.1 Å². The molecule has 0 aromatic heterocycles. The van der Waals surface area contributed by atoms with Crippen LogP contribution in [0, 0.1) is 0 Å². The Hall–Kier alpha value is -1.10. The summed E-state index contributed by atoms with van der Waals surface area (Å²) in [5.41, 5.74) is 6.18. The first-order valence-electron chi connectivity index (χ1n) is 3.36. The van der Waals surface area contributed by atoms with Crippen molar-refractivity contribution in [2.24, 2.45) is 0 Å². The summed E-state index contributed by atoms with van der Waals surface area (Å²) in [5.74, 6) is 0. The normalized spacial score (nSPS) is 9.00. The fourth-order valence-electron chi connectivity index (χ4n) is 0.453. The standard InChI is InChI=1S/C6H7N.C2H6O3/c7-6-4-2-1-3-5-6;1-5-2(3)4/h1-5H,7H2;2-4H,1H3. The van der Waals surface area contributed by atoms with Crippen LogP contribution in [0.5, 0.6) is 0 Å². The molecule has 0 aliphatic carbocycles. The largest absolute Gasteiger partial charge is 0.399 e. The van der Waals surface area contributed by atoms with Crippen LogP contribution in [0.25, 0.3) is 0 Å². The highest BCUT2D eigenvalue weighted by molar-refractivity contribution is 5.35. The topological polar surface area (TPSA) is 75.7 Å².